The van der Waals surface area contributed by atoms with Crippen LogP contribution in [0, 0.1) is 23.7 Å². The molecule has 0 unspecified atom stereocenters. The normalized spacial score (nSPS) is 30.5. The number of carbonyl (C=O) groups excluding carboxylic acids is 1. The smallest absolute Gasteiger partial charge is 0.315 e. The molecule has 4 saturated carbocycles. The molecular weight excluding hydrogens is 356 g/mol. The zero-order valence-electron chi connectivity index (χ0n) is 17.6. The van der Waals surface area contributed by atoms with Crippen molar-refractivity contribution in [3.05, 3.63) is 0 Å². The Balaban J connectivity index is 1.12. The van der Waals surface area contributed by atoms with Crippen molar-refractivity contribution in [1.82, 2.24) is 10.6 Å². The quantitative estimate of drug-likeness (QED) is 0.442. The molecule has 0 atom stereocenters. The summed E-state index contributed by atoms with van der Waals surface area (Å²) in [6.45, 7) is 6.77. The first-order chi connectivity index (χ1) is 13.8. The number of carbonyl (C=O) groups is 1. The Kier molecular flexibility index (Phi) is 9.35. The van der Waals surface area contributed by atoms with Crippen LogP contribution in [-0.2, 0) is 14.2 Å². The topological polar surface area (TPSA) is 68.8 Å². The Labute approximate surface area is 170 Å². The lowest BCUT2D eigenvalue weighted by Crippen LogP contribution is -2.57. The number of unbranched alkanes of at least 4 members (excludes halogenated alkanes) is 2. The monoisotopic (exact) mass is 396 g/mol. The Morgan fingerprint density at radius 2 is 1.39 bits per heavy atom. The van der Waals surface area contributed by atoms with E-state index in [1.807, 2.05) is 6.92 Å². The maximum atomic E-state index is 12.3. The molecule has 6 heteroatoms. The molecule has 0 aromatic rings. The van der Waals surface area contributed by atoms with Crippen molar-refractivity contribution in [2.24, 2.45) is 23.7 Å². The Morgan fingerprint density at radius 3 is 2.04 bits per heavy atom. The van der Waals surface area contributed by atoms with Crippen LogP contribution in [0.3, 0.4) is 0 Å². The summed E-state index contributed by atoms with van der Waals surface area (Å²) in [5.41, 5.74) is 0. The molecule has 0 aromatic carbocycles. The van der Waals surface area contributed by atoms with E-state index in [1.54, 1.807) is 0 Å². The molecule has 4 fully saturated rings. The first-order valence-corrected chi connectivity index (χ1v) is 11.5. The van der Waals surface area contributed by atoms with E-state index in [4.69, 9.17) is 14.2 Å². The summed E-state index contributed by atoms with van der Waals surface area (Å²) < 4.78 is 16.2. The van der Waals surface area contributed by atoms with Crippen LogP contribution >= 0.6 is 0 Å². The molecule has 0 spiro atoms. The fourth-order valence-electron chi connectivity index (χ4n) is 5.66. The number of hydrogen-bond acceptors (Lipinski definition) is 4. The highest BCUT2D eigenvalue weighted by atomic mass is 16.5. The summed E-state index contributed by atoms with van der Waals surface area (Å²) in [4.78, 5) is 12.3. The molecule has 4 aliphatic rings. The van der Waals surface area contributed by atoms with Gasteiger partial charge in [-0.3, -0.25) is 0 Å². The van der Waals surface area contributed by atoms with Crippen LogP contribution in [0.2, 0.25) is 0 Å². The van der Waals surface area contributed by atoms with Crippen molar-refractivity contribution < 1.29 is 19.0 Å². The largest absolute Gasteiger partial charge is 0.379 e. The molecule has 4 rings (SSSR count). The summed E-state index contributed by atoms with van der Waals surface area (Å²) in [7, 11) is 0. The number of hydrogen-bond donors (Lipinski definition) is 2. The number of rotatable bonds is 14. The zero-order chi connectivity index (χ0) is 19.6. The maximum Gasteiger partial charge on any atom is 0.315 e. The van der Waals surface area contributed by atoms with Crippen LogP contribution in [0.15, 0.2) is 0 Å². The highest BCUT2D eigenvalue weighted by molar-refractivity contribution is 5.74. The van der Waals surface area contributed by atoms with E-state index in [9.17, 15) is 4.79 Å². The van der Waals surface area contributed by atoms with E-state index in [2.05, 4.69) is 10.6 Å². The van der Waals surface area contributed by atoms with Gasteiger partial charge in [-0.25, -0.2) is 4.79 Å². The molecule has 6 nitrogen and oxygen atoms in total. The summed E-state index contributed by atoms with van der Waals surface area (Å²) in [6, 6.07) is 0.467. The first kappa shape index (κ1) is 21.8. The molecule has 4 bridgehead atoms. The minimum Gasteiger partial charge on any atom is -0.379 e. The lowest BCUT2D eigenvalue weighted by atomic mass is 9.54. The molecule has 0 heterocycles. The predicted octanol–water partition coefficient (Wildman–Crippen LogP) is 3.35. The molecule has 0 aromatic heterocycles. The number of nitrogens with one attached hydrogen (secondary N) is 2. The molecule has 0 aliphatic heterocycles. The lowest BCUT2D eigenvalue weighted by molar-refractivity contribution is -0.00941. The Morgan fingerprint density at radius 1 is 0.786 bits per heavy atom. The van der Waals surface area contributed by atoms with Crippen molar-refractivity contribution in [2.45, 2.75) is 64.3 Å². The SMILES string of the molecule is CCOCCOCCOCCCCCNC(=O)NC1C2CC3CC(C2)CC1C3. The van der Waals surface area contributed by atoms with Gasteiger partial charge in [0.05, 0.1) is 26.4 Å². The van der Waals surface area contributed by atoms with Gasteiger partial charge >= 0.3 is 6.03 Å². The van der Waals surface area contributed by atoms with Gasteiger partial charge in [-0.05, 0) is 82.0 Å². The van der Waals surface area contributed by atoms with Gasteiger partial charge in [0.1, 0.15) is 0 Å². The number of ether oxygens (including phenoxy) is 3. The van der Waals surface area contributed by atoms with Crippen LogP contribution in [0.25, 0.3) is 0 Å². The highest BCUT2D eigenvalue weighted by Crippen LogP contribution is 2.53. The third kappa shape index (κ3) is 6.89. The number of urea groups is 1. The molecule has 4 aliphatic carbocycles. The van der Waals surface area contributed by atoms with Crippen LogP contribution in [0.4, 0.5) is 4.79 Å². The molecule has 2 amide bonds. The van der Waals surface area contributed by atoms with Gasteiger partial charge in [-0.15, -0.1) is 0 Å². The summed E-state index contributed by atoms with van der Waals surface area (Å²) in [6.07, 6.45) is 9.93. The minimum atomic E-state index is 0.0397. The second kappa shape index (κ2) is 12.0. The van der Waals surface area contributed by atoms with Crippen LogP contribution < -0.4 is 10.6 Å². The summed E-state index contributed by atoms with van der Waals surface area (Å²) in [5.74, 6) is 3.38. The second-order valence-corrected chi connectivity index (χ2v) is 8.84. The van der Waals surface area contributed by atoms with Crippen molar-refractivity contribution in [2.75, 3.05) is 46.2 Å². The average molecular weight is 397 g/mol. The van der Waals surface area contributed by atoms with Gasteiger partial charge in [0.2, 0.25) is 0 Å². The van der Waals surface area contributed by atoms with Crippen molar-refractivity contribution in [3.8, 4) is 0 Å². The fourth-order valence-corrected chi connectivity index (χ4v) is 5.66. The molecule has 0 saturated heterocycles. The summed E-state index contributed by atoms with van der Waals surface area (Å²) in [5, 5.41) is 6.36. The first-order valence-electron chi connectivity index (χ1n) is 11.5. The third-order valence-corrected chi connectivity index (χ3v) is 6.72. The molecule has 162 valence electrons. The lowest BCUT2D eigenvalue weighted by Gasteiger charge is -2.54. The van der Waals surface area contributed by atoms with Gasteiger partial charge in [0.15, 0.2) is 0 Å². The molecule has 2 N–H and O–H groups in total. The Bertz CT molecular complexity index is 432. The van der Waals surface area contributed by atoms with Gasteiger partial charge in [0, 0.05) is 25.8 Å². The van der Waals surface area contributed by atoms with Crippen molar-refractivity contribution in [1.29, 1.82) is 0 Å². The van der Waals surface area contributed by atoms with Gasteiger partial charge in [-0.1, -0.05) is 0 Å². The number of amides is 2. The van der Waals surface area contributed by atoms with Crippen molar-refractivity contribution in [3.63, 3.8) is 0 Å². The standard InChI is InChI=1S/C22H40N2O4/c1-2-26-8-9-28-11-10-27-7-5-3-4-6-23-22(25)24-21-19-13-17-12-18(15-19)16-20(21)14-17/h17-21H,2-16H2,1H3,(H2,23,24,25). The van der Waals surface area contributed by atoms with E-state index in [1.165, 1.54) is 32.1 Å². The molecule has 0 radical (unpaired) electrons. The maximum absolute atomic E-state index is 12.3. The fraction of sp³-hybridized carbons (Fsp3) is 0.955. The van der Waals surface area contributed by atoms with Crippen molar-refractivity contribution >= 4 is 6.03 Å². The highest BCUT2D eigenvalue weighted by Gasteiger charge is 2.48. The van der Waals surface area contributed by atoms with Crippen LogP contribution in [-0.4, -0.2) is 58.3 Å². The predicted molar refractivity (Wildman–Crippen MR) is 109 cm³/mol. The van der Waals surface area contributed by atoms with Crippen LogP contribution in [0.5, 0.6) is 0 Å². The van der Waals surface area contributed by atoms with Crippen LogP contribution in [0.1, 0.15) is 58.3 Å². The van der Waals surface area contributed by atoms with E-state index < -0.39 is 0 Å². The summed E-state index contributed by atoms with van der Waals surface area (Å²) >= 11 is 0. The van der Waals surface area contributed by atoms with Gasteiger partial charge < -0.3 is 24.8 Å². The van der Waals surface area contributed by atoms with Gasteiger partial charge in [0.25, 0.3) is 0 Å². The van der Waals surface area contributed by atoms with E-state index in [0.717, 1.165) is 62.7 Å². The zero-order valence-corrected chi connectivity index (χ0v) is 17.6. The Hall–Kier alpha value is -0.850. The van der Waals surface area contributed by atoms with E-state index >= 15 is 0 Å². The van der Waals surface area contributed by atoms with E-state index in [0.29, 0.717) is 32.5 Å². The molecular formula is C22H40N2O4. The minimum absolute atomic E-state index is 0.0397. The molecule has 28 heavy (non-hydrogen) atoms. The average Bonchev–Trinajstić information content (AvgIpc) is 2.68. The van der Waals surface area contributed by atoms with Gasteiger partial charge in [-0.2, -0.15) is 0 Å². The third-order valence-electron chi connectivity index (χ3n) is 6.72. The second-order valence-electron chi connectivity index (χ2n) is 8.84. The van der Waals surface area contributed by atoms with E-state index in [-0.39, 0.29) is 6.03 Å².